The SMILES string of the molecule is CCCCC/C=C\CCCCCCCC(=O)O[C@H](COC(=O)CCCCCCCC)COP(=O)(O)O. The molecule has 2 N–H and O–H groups in total. The average molecular weight is 535 g/mol. The van der Waals surface area contributed by atoms with E-state index in [9.17, 15) is 14.2 Å². The maximum atomic E-state index is 12.2. The van der Waals surface area contributed by atoms with Crippen molar-refractivity contribution >= 4 is 19.8 Å². The Morgan fingerprint density at radius 1 is 0.694 bits per heavy atom. The highest BCUT2D eigenvalue weighted by molar-refractivity contribution is 7.46. The van der Waals surface area contributed by atoms with Crippen molar-refractivity contribution in [2.45, 2.75) is 136 Å². The molecule has 0 saturated heterocycles. The van der Waals surface area contributed by atoms with Crippen molar-refractivity contribution in [1.82, 2.24) is 0 Å². The number of ether oxygens (including phenoxy) is 2. The molecule has 0 rings (SSSR count). The molecule has 0 aromatic rings. The zero-order valence-corrected chi connectivity index (χ0v) is 23.6. The number of phosphoric acid groups is 1. The number of carbonyl (C=O) groups excluding carboxylic acids is 2. The Morgan fingerprint density at radius 3 is 1.75 bits per heavy atom. The van der Waals surface area contributed by atoms with Gasteiger partial charge in [0.25, 0.3) is 0 Å². The van der Waals surface area contributed by atoms with Gasteiger partial charge in [-0.25, -0.2) is 4.57 Å². The van der Waals surface area contributed by atoms with E-state index in [0.29, 0.717) is 6.42 Å². The van der Waals surface area contributed by atoms with Crippen LogP contribution < -0.4 is 0 Å². The minimum Gasteiger partial charge on any atom is -0.462 e. The molecule has 0 spiro atoms. The molecule has 1 atom stereocenters. The van der Waals surface area contributed by atoms with E-state index < -0.39 is 32.5 Å². The van der Waals surface area contributed by atoms with Crippen LogP contribution in [0.15, 0.2) is 12.2 Å². The lowest BCUT2D eigenvalue weighted by molar-refractivity contribution is -0.161. The van der Waals surface area contributed by atoms with E-state index in [1.54, 1.807) is 0 Å². The van der Waals surface area contributed by atoms with Crippen molar-refractivity contribution < 1.29 is 37.9 Å². The van der Waals surface area contributed by atoms with Crippen LogP contribution in [0.1, 0.15) is 129 Å². The van der Waals surface area contributed by atoms with Gasteiger partial charge in [-0.1, -0.05) is 90.2 Å². The smallest absolute Gasteiger partial charge is 0.462 e. The number of hydrogen-bond donors (Lipinski definition) is 2. The highest BCUT2D eigenvalue weighted by Gasteiger charge is 2.22. The lowest BCUT2D eigenvalue weighted by Crippen LogP contribution is -2.29. The maximum absolute atomic E-state index is 12.2. The van der Waals surface area contributed by atoms with Crippen LogP contribution in [-0.4, -0.2) is 41.0 Å². The van der Waals surface area contributed by atoms with Crippen LogP contribution in [0.2, 0.25) is 0 Å². The van der Waals surface area contributed by atoms with Crippen molar-refractivity contribution in [2.75, 3.05) is 13.2 Å². The maximum Gasteiger partial charge on any atom is 0.469 e. The Labute approximate surface area is 218 Å². The summed E-state index contributed by atoms with van der Waals surface area (Å²) in [7, 11) is -4.73. The molecule has 36 heavy (non-hydrogen) atoms. The molecule has 8 nitrogen and oxygen atoms in total. The van der Waals surface area contributed by atoms with Gasteiger partial charge in [0.15, 0.2) is 6.10 Å². The molecule has 0 saturated carbocycles. The lowest BCUT2D eigenvalue weighted by atomic mass is 10.1. The van der Waals surface area contributed by atoms with Gasteiger partial charge in [-0.3, -0.25) is 14.1 Å². The van der Waals surface area contributed by atoms with Crippen LogP contribution >= 0.6 is 7.82 Å². The van der Waals surface area contributed by atoms with Crippen molar-refractivity contribution in [3.8, 4) is 0 Å². The average Bonchev–Trinajstić information content (AvgIpc) is 2.83. The Bertz CT molecular complexity index is 617. The highest BCUT2D eigenvalue weighted by atomic mass is 31.2. The van der Waals surface area contributed by atoms with Crippen LogP contribution in [0.25, 0.3) is 0 Å². The summed E-state index contributed by atoms with van der Waals surface area (Å²) in [5.74, 6) is -0.908. The molecule has 0 bridgehead atoms. The van der Waals surface area contributed by atoms with Crippen molar-refractivity contribution in [1.29, 1.82) is 0 Å². The quantitative estimate of drug-likeness (QED) is 0.0547. The summed E-state index contributed by atoms with van der Waals surface area (Å²) in [6.45, 7) is 3.53. The van der Waals surface area contributed by atoms with Gasteiger partial charge in [-0.15, -0.1) is 0 Å². The van der Waals surface area contributed by atoms with Crippen LogP contribution in [0, 0.1) is 0 Å². The second kappa shape index (κ2) is 24.1. The van der Waals surface area contributed by atoms with Crippen LogP contribution in [0.3, 0.4) is 0 Å². The second-order valence-corrected chi connectivity index (χ2v) is 10.6. The number of allylic oxidation sites excluding steroid dienone is 2. The van der Waals surface area contributed by atoms with Crippen LogP contribution in [0.5, 0.6) is 0 Å². The second-order valence-electron chi connectivity index (χ2n) is 9.37. The molecule has 0 radical (unpaired) electrons. The van der Waals surface area contributed by atoms with Gasteiger partial charge in [0.1, 0.15) is 6.61 Å². The summed E-state index contributed by atoms with van der Waals surface area (Å²) in [5, 5.41) is 0. The fourth-order valence-electron chi connectivity index (χ4n) is 3.66. The topological polar surface area (TPSA) is 119 Å². The van der Waals surface area contributed by atoms with Crippen LogP contribution in [0.4, 0.5) is 0 Å². The Morgan fingerprint density at radius 2 is 1.17 bits per heavy atom. The first-order valence-corrected chi connectivity index (χ1v) is 15.5. The summed E-state index contributed by atoms with van der Waals surface area (Å²) >= 11 is 0. The molecule has 0 heterocycles. The van der Waals surface area contributed by atoms with Gasteiger partial charge in [-0.05, 0) is 38.5 Å². The van der Waals surface area contributed by atoms with Gasteiger partial charge in [0.2, 0.25) is 0 Å². The minimum absolute atomic E-state index is 0.204. The number of unbranched alkanes of at least 4 members (excludes halogenated alkanes) is 13. The van der Waals surface area contributed by atoms with Crippen molar-refractivity contribution in [3.05, 3.63) is 12.2 Å². The molecule has 0 aromatic heterocycles. The Balaban J connectivity index is 4.09. The van der Waals surface area contributed by atoms with Crippen molar-refractivity contribution in [2.24, 2.45) is 0 Å². The first-order chi connectivity index (χ1) is 17.3. The standard InChI is InChI=1S/C27H51O8P/c1-3-5-7-9-11-12-13-14-15-16-18-20-22-27(29)35-25(24-34-36(30,31)32)23-33-26(28)21-19-17-10-8-6-4-2/h11-12,25H,3-10,13-24H2,1-2H3,(H2,30,31,32)/b12-11-/t25-/m1/s1. The third kappa shape index (κ3) is 25.9. The molecule has 0 unspecified atom stereocenters. The van der Waals surface area contributed by atoms with Gasteiger partial charge in [0.05, 0.1) is 6.61 Å². The summed E-state index contributed by atoms with van der Waals surface area (Å²) in [4.78, 5) is 42.0. The lowest BCUT2D eigenvalue weighted by Gasteiger charge is -2.18. The Kier molecular flexibility index (Phi) is 23.3. The van der Waals surface area contributed by atoms with E-state index in [1.807, 2.05) is 0 Å². The zero-order valence-electron chi connectivity index (χ0n) is 22.7. The summed E-state index contributed by atoms with van der Waals surface area (Å²) in [6, 6.07) is 0. The summed E-state index contributed by atoms with van der Waals surface area (Å²) < 4.78 is 25.9. The molecule has 0 aromatic carbocycles. The summed E-state index contributed by atoms with van der Waals surface area (Å²) in [5.41, 5.74) is 0. The fraction of sp³-hybridized carbons (Fsp3) is 0.852. The van der Waals surface area contributed by atoms with E-state index in [1.165, 1.54) is 25.7 Å². The van der Waals surface area contributed by atoms with E-state index in [-0.39, 0.29) is 19.4 Å². The molecule has 0 aliphatic carbocycles. The minimum atomic E-state index is -4.73. The van der Waals surface area contributed by atoms with Gasteiger partial charge in [-0.2, -0.15) is 0 Å². The number of hydrogen-bond acceptors (Lipinski definition) is 6. The van der Waals surface area contributed by atoms with E-state index in [2.05, 4.69) is 30.5 Å². The number of rotatable bonds is 25. The molecule has 212 valence electrons. The van der Waals surface area contributed by atoms with Gasteiger partial charge < -0.3 is 19.3 Å². The van der Waals surface area contributed by atoms with E-state index in [0.717, 1.165) is 70.6 Å². The largest absolute Gasteiger partial charge is 0.469 e. The first-order valence-electron chi connectivity index (χ1n) is 14.0. The van der Waals surface area contributed by atoms with Crippen molar-refractivity contribution in [3.63, 3.8) is 0 Å². The summed E-state index contributed by atoms with van der Waals surface area (Å²) in [6.07, 6.45) is 21.1. The molecule has 0 aliphatic heterocycles. The molecular formula is C27H51O8P. The Hall–Kier alpha value is -1.21. The highest BCUT2D eigenvalue weighted by Crippen LogP contribution is 2.35. The predicted octanol–water partition coefficient (Wildman–Crippen LogP) is 7.17. The number of esters is 2. The normalized spacial score (nSPS) is 12.7. The number of phosphoric ester groups is 1. The third-order valence-corrected chi connectivity index (χ3v) is 6.27. The predicted molar refractivity (Wildman–Crippen MR) is 142 cm³/mol. The number of carbonyl (C=O) groups is 2. The van der Waals surface area contributed by atoms with E-state index >= 15 is 0 Å². The first kappa shape index (κ1) is 34.8. The van der Waals surface area contributed by atoms with Gasteiger partial charge >= 0.3 is 19.8 Å². The third-order valence-electron chi connectivity index (χ3n) is 5.78. The molecule has 9 heteroatoms. The fourth-order valence-corrected chi connectivity index (χ4v) is 4.02. The zero-order chi connectivity index (χ0) is 26.9. The monoisotopic (exact) mass is 534 g/mol. The molecule has 0 aliphatic rings. The molecular weight excluding hydrogens is 483 g/mol. The molecule has 0 fully saturated rings. The molecule has 0 amide bonds. The van der Waals surface area contributed by atoms with Gasteiger partial charge in [0, 0.05) is 12.8 Å². The van der Waals surface area contributed by atoms with E-state index in [4.69, 9.17) is 19.3 Å². The van der Waals surface area contributed by atoms with Crippen LogP contribution in [-0.2, 0) is 28.2 Å².